The normalized spacial score (nSPS) is 16.9. The molecule has 0 amide bonds. The van der Waals surface area contributed by atoms with Crippen LogP contribution in [0.5, 0.6) is 0 Å². The van der Waals surface area contributed by atoms with Gasteiger partial charge in [-0.1, -0.05) is 30.3 Å². The van der Waals surface area contributed by atoms with Gasteiger partial charge in [-0.25, -0.2) is 4.98 Å². The molecule has 1 fully saturated rings. The average molecular weight is 242 g/mol. The van der Waals surface area contributed by atoms with Gasteiger partial charge in [0, 0.05) is 12.3 Å². The van der Waals surface area contributed by atoms with Crippen LogP contribution in [0.2, 0.25) is 0 Å². The van der Waals surface area contributed by atoms with Gasteiger partial charge in [0.15, 0.2) is 5.89 Å². The molecule has 1 saturated heterocycles. The zero-order chi connectivity index (χ0) is 12.2. The SMILES string of the molecule is c1ccc(Cc2coc(C3CCNCC3)n2)cc1. The van der Waals surface area contributed by atoms with Crippen molar-refractivity contribution in [2.24, 2.45) is 0 Å². The topological polar surface area (TPSA) is 38.1 Å². The van der Waals surface area contributed by atoms with Crippen molar-refractivity contribution in [1.29, 1.82) is 0 Å². The first-order valence-electron chi connectivity index (χ1n) is 6.61. The van der Waals surface area contributed by atoms with E-state index >= 15 is 0 Å². The van der Waals surface area contributed by atoms with Crippen LogP contribution >= 0.6 is 0 Å². The van der Waals surface area contributed by atoms with Gasteiger partial charge in [-0.05, 0) is 31.5 Å². The van der Waals surface area contributed by atoms with E-state index < -0.39 is 0 Å². The monoisotopic (exact) mass is 242 g/mol. The standard InChI is InChI=1S/C15H18N2O/c1-2-4-12(5-3-1)10-14-11-18-15(17-14)13-6-8-16-9-7-13/h1-5,11,13,16H,6-10H2. The van der Waals surface area contributed by atoms with Crippen LogP contribution in [0.1, 0.15) is 35.9 Å². The predicted molar refractivity (Wildman–Crippen MR) is 70.6 cm³/mol. The lowest BCUT2D eigenvalue weighted by atomic mass is 9.98. The number of rotatable bonds is 3. The van der Waals surface area contributed by atoms with E-state index in [1.165, 1.54) is 5.56 Å². The van der Waals surface area contributed by atoms with Gasteiger partial charge >= 0.3 is 0 Å². The van der Waals surface area contributed by atoms with Crippen molar-refractivity contribution in [2.45, 2.75) is 25.2 Å². The summed E-state index contributed by atoms with van der Waals surface area (Å²) in [5.41, 5.74) is 2.32. The minimum absolute atomic E-state index is 0.496. The Bertz CT molecular complexity index is 486. The van der Waals surface area contributed by atoms with Crippen molar-refractivity contribution in [3.8, 4) is 0 Å². The maximum absolute atomic E-state index is 5.64. The molecule has 0 bridgehead atoms. The zero-order valence-corrected chi connectivity index (χ0v) is 10.4. The summed E-state index contributed by atoms with van der Waals surface area (Å²) in [4.78, 5) is 4.63. The molecule has 1 aliphatic rings. The molecule has 1 aromatic carbocycles. The van der Waals surface area contributed by atoms with Crippen LogP contribution in [-0.2, 0) is 6.42 Å². The number of benzene rings is 1. The van der Waals surface area contributed by atoms with Gasteiger partial charge in [-0.3, -0.25) is 0 Å². The maximum atomic E-state index is 5.64. The highest BCUT2D eigenvalue weighted by Crippen LogP contribution is 2.24. The van der Waals surface area contributed by atoms with E-state index in [4.69, 9.17) is 4.42 Å². The first-order chi connectivity index (χ1) is 8.92. The molecule has 1 aliphatic heterocycles. The summed E-state index contributed by atoms with van der Waals surface area (Å²) in [7, 11) is 0. The summed E-state index contributed by atoms with van der Waals surface area (Å²) in [5.74, 6) is 1.42. The fourth-order valence-electron chi connectivity index (χ4n) is 2.47. The van der Waals surface area contributed by atoms with E-state index in [2.05, 4.69) is 34.6 Å². The Morgan fingerprint density at radius 1 is 1.17 bits per heavy atom. The van der Waals surface area contributed by atoms with Crippen LogP contribution in [0, 0.1) is 0 Å². The number of nitrogens with zero attached hydrogens (tertiary/aromatic N) is 1. The lowest BCUT2D eigenvalue weighted by molar-refractivity contribution is 0.374. The second kappa shape index (κ2) is 5.36. The summed E-state index contributed by atoms with van der Waals surface area (Å²) < 4.78 is 5.64. The van der Waals surface area contributed by atoms with E-state index in [1.54, 1.807) is 0 Å². The summed E-state index contributed by atoms with van der Waals surface area (Å²) in [6.45, 7) is 2.14. The van der Waals surface area contributed by atoms with Crippen molar-refractivity contribution in [3.05, 3.63) is 53.7 Å². The molecule has 2 aromatic rings. The Morgan fingerprint density at radius 2 is 1.94 bits per heavy atom. The Balaban J connectivity index is 1.69. The van der Waals surface area contributed by atoms with Crippen LogP contribution < -0.4 is 5.32 Å². The van der Waals surface area contributed by atoms with Crippen molar-refractivity contribution < 1.29 is 4.42 Å². The van der Waals surface area contributed by atoms with Crippen molar-refractivity contribution in [1.82, 2.24) is 10.3 Å². The Hall–Kier alpha value is -1.61. The number of nitrogens with one attached hydrogen (secondary N) is 1. The molecule has 0 unspecified atom stereocenters. The lowest BCUT2D eigenvalue weighted by Gasteiger charge is -2.19. The molecule has 0 radical (unpaired) electrons. The maximum Gasteiger partial charge on any atom is 0.197 e. The number of hydrogen-bond donors (Lipinski definition) is 1. The highest BCUT2D eigenvalue weighted by atomic mass is 16.3. The van der Waals surface area contributed by atoms with E-state index in [-0.39, 0.29) is 0 Å². The smallest absolute Gasteiger partial charge is 0.197 e. The Morgan fingerprint density at radius 3 is 2.72 bits per heavy atom. The fourth-order valence-corrected chi connectivity index (χ4v) is 2.47. The number of hydrogen-bond acceptors (Lipinski definition) is 3. The van der Waals surface area contributed by atoms with E-state index in [1.807, 2.05) is 12.3 Å². The molecule has 1 aromatic heterocycles. The van der Waals surface area contributed by atoms with Crippen LogP contribution in [-0.4, -0.2) is 18.1 Å². The molecular weight excluding hydrogens is 224 g/mol. The molecule has 18 heavy (non-hydrogen) atoms. The third-order valence-corrected chi connectivity index (χ3v) is 3.49. The molecule has 0 aliphatic carbocycles. The second-order valence-corrected chi connectivity index (χ2v) is 4.86. The van der Waals surface area contributed by atoms with Gasteiger partial charge in [0.05, 0.1) is 5.69 Å². The lowest BCUT2D eigenvalue weighted by Crippen LogP contribution is -2.26. The van der Waals surface area contributed by atoms with Gasteiger partial charge in [0.25, 0.3) is 0 Å². The average Bonchev–Trinajstić information content (AvgIpc) is 2.89. The number of oxazole rings is 1. The van der Waals surface area contributed by atoms with E-state index in [0.717, 1.165) is 43.9 Å². The first kappa shape index (κ1) is 11.5. The third kappa shape index (κ3) is 2.62. The molecule has 0 spiro atoms. The summed E-state index contributed by atoms with van der Waals surface area (Å²) in [6.07, 6.45) is 4.93. The van der Waals surface area contributed by atoms with Crippen molar-refractivity contribution in [2.75, 3.05) is 13.1 Å². The third-order valence-electron chi connectivity index (χ3n) is 3.49. The van der Waals surface area contributed by atoms with Crippen molar-refractivity contribution >= 4 is 0 Å². The molecular formula is C15H18N2O. The van der Waals surface area contributed by atoms with Crippen LogP contribution in [0.25, 0.3) is 0 Å². The highest BCUT2D eigenvalue weighted by molar-refractivity contribution is 5.20. The molecule has 3 heteroatoms. The minimum atomic E-state index is 0.496. The summed E-state index contributed by atoms with van der Waals surface area (Å²) >= 11 is 0. The summed E-state index contributed by atoms with van der Waals surface area (Å²) in [6, 6.07) is 10.4. The van der Waals surface area contributed by atoms with Gasteiger partial charge in [-0.2, -0.15) is 0 Å². The van der Waals surface area contributed by atoms with Gasteiger partial charge in [0.1, 0.15) is 6.26 Å². The van der Waals surface area contributed by atoms with Crippen LogP contribution in [0.4, 0.5) is 0 Å². The second-order valence-electron chi connectivity index (χ2n) is 4.86. The Kier molecular flexibility index (Phi) is 3.42. The Labute approximate surface area is 107 Å². The number of piperidine rings is 1. The molecule has 0 atom stereocenters. The van der Waals surface area contributed by atoms with Gasteiger partial charge in [0.2, 0.25) is 0 Å². The van der Waals surface area contributed by atoms with Crippen LogP contribution in [0.3, 0.4) is 0 Å². The molecule has 1 N–H and O–H groups in total. The summed E-state index contributed by atoms with van der Waals surface area (Å²) in [5, 5.41) is 3.36. The quantitative estimate of drug-likeness (QED) is 0.899. The molecule has 3 rings (SSSR count). The molecule has 2 heterocycles. The minimum Gasteiger partial charge on any atom is -0.448 e. The first-order valence-corrected chi connectivity index (χ1v) is 6.61. The van der Waals surface area contributed by atoms with Gasteiger partial charge in [-0.15, -0.1) is 0 Å². The molecule has 94 valence electrons. The largest absolute Gasteiger partial charge is 0.448 e. The zero-order valence-electron chi connectivity index (χ0n) is 10.4. The highest BCUT2D eigenvalue weighted by Gasteiger charge is 2.19. The van der Waals surface area contributed by atoms with Gasteiger partial charge < -0.3 is 9.73 Å². The fraction of sp³-hybridized carbons (Fsp3) is 0.400. The van der Waals surface area contributed by atoms with E-state index in [0.29, 0.717) is 5.92 Å². The predicted octanol–water partition coefficient (Wildman–Crippen LogP) is 2.73. The van der Waals surface area contributed by atoms with Crippen LogP contribution in [0.15, 0.2) is 41.0 Å². The number of aromatic nitrogens is 1. The molecule has 3 nitrogen and oxygen atoms in total. The van der Waals surface area contributed by atoms with E-state index in [9.17, 15) is 0 Å². The van der Waals surface area contributed by atoms with Crippen molar-refractivity contribution in [3.63, 3.8) is 0 Å². The molecule has 0 saturated carbocycles.